The van der Waals surface area contributed by atoms with Crippen molar-refractivity contribution in [1.82, 2.24) is 10.2 Å². The fourth-order valence-corrected chi connectivity index (χ4v) is 5.96. The Morgan fingerprint density at radius 1 is 1.15 bits per heavy atom. The minimum absolute atomic E-state index is 0.00135. The fourth-order valence-electron chi connectivity index (χ4n) is 4.20. The van der Waals surface area contributed by atoms with Crippen LogP contribution in [0.15, 0.2) is 22.9 Å². The normalized spacial score (nSPS) is 17.0. The van der Waals surface area contributed by atoms with Crippen molar-refractivity contribution in [3.8, 4) is 0 Å². The standard InChI is InChI=1S/C24H31N3O4S2/c1-2-31-24(30)21-19(16-5-6-16)15-33-23(21)26-20(28)14-27-11-8-17(9-12-27)22(29)25-10-7-18-4-3-13-32-18/h3-4,13,15-17H,2,5-12,14H2,1H3,(H,25,29)(H,26,28). The molecule has 0 aromatic carbocycles. The van der Waals surface area contributed by atoms with Gasteiger partial charge >= 0.3 is 5.97 Å². The number of carbonyl (C=O) groups is 3. The zero-order valence-corrected chi connectivity index (χ0v) is 20.6. The molecule has 1 saturated heterocycles. The Balaban J connectivity index is 1.22. The number of nitrogens with zero attached hydrogens (tertiary/aromatic N) is 1. The average Bonchev–Trinajstić information content (AvgIpc) is 3.35. The van der Waals surface area contributed by atoms with Gasteiger partial charge in [-0.05, 0) is 80.4 Å². The average molecular weight is 490 g/mol. The molecule has 1 aliphatic carbocycles. The summed E-state index contributed by atoms with van der Waals surface area (Å²) in [5.41, 5.74) is 1.52. The van der Waals surface area contributed by atoms with Gasteiger partial charge in [0.25, 0.3) is 0 Å². The van der Waals surface area contributed by atoms with Gasteiger partial charge in [-0.2, -0.15) is 0 Å². The van der Waals surface area contributed by atoms with Gasteiger partial charge in [0.1, 0.15) is 5.00 Å². The third-order valence-electron chi connectivity index (χ3n) is 6.15. The molecular formula is C24H31N3O4S2. The minimum atomic E-state index is -0.359. The van der Waals surface area contributed by atoms with Crippen LogP contribution in [0.25, 0.3) is 0 Å². The zero-order chi connectivity index (χ0) is 23.2. The van der Waals surface area contributed by atoms with Crippen LogP contribution in [0.4, 0.5) is 5.00 Å². The van der Waals surface area contributed by atoms with Crippen molar-refractivity contribution in [1.29, 1.82) is 0 Å². The molecule has 2 amide bonds. The number of carbonyl (C=O) groups excluding carboxylic acids is 3. The van der Waals surface area contributed by atoms with Crippen LogP contribution in [0.3, 0.4) is 0 Å². The topological polar surface area (TPSA) is 87.7 Å². The first-order chi connectivity index (χ1) is 16.0. The van der Waals surface area contributed by atoms with Crippen molar-refractivity contribution in [3.63, 3.8) is 0 Å². The van der Waals surface area contributed by atoms with Gasteiger partial charge < -0.3 is 15.4 Å². The summed E-state index contributed by atoms with van der Waals surface area (Å²) in [6.07, 6.45) is 4.51. The Hall–Kier alpha value is -2.23. The quantitative estimate of drug-likeness (QED) is 0.495. The number of piperidine rings is 1. The van der Waals surface area contributed by atoms with Crippen LogP contribution in [-0.2, 0) is 20.7 Å². The molecule has 9 heteroatoms. The Labute approximate surface area is 202 Å². The lowest BCUT2D eigenvalue weighted by molar-refractivity contribution is -0.126. The highest BCUT2D eigenvalue weighted by molar-refractivity contribution is 7.15. The summed E-state index contributed by atoms with van der Waals surface area (Å²) >= 11 is 3.10. The summed E-state index contributed by atoms with van der Waals surface area (Å²) in [6.45, 7) is 4.42. The number of rotatable bonds is 10. The summed E-state index contributed by atoms with van der Waals surface area (Å²) in [7, 11) is 0. The molecule has 2 aromatic rings. The third-order valence-corrected chi connectivity index (χ3v) is 8.00. The summed E-state index contributed by atoms with van der Waals surface area (Å²) in [5.74, 6) is 0.0228. The number of nitrogens with one attached hydrogen (secondary N) is 2. The van der Waals surface area contributed by atoms with Crippen LogP contribution in [-0.4, -0.2) is 55.5 Å². The van der Waals surface area contributed by atoms with Crippen molar-refractivity contribution in [2.45, 2.75) is 44.9 Å². The molecule has 33 heavy (non-hydrogen) atoms. The lowest BCUT2D eigenvalue weighted by Crippen LogP contribution is -2.43. The number of amides is 2. The van der Waals surface area contributed by atoms with Crippen LogP contribution in [0, 0.1) is 5.92 Å². The van der Waals surface area contributed by atoms with Crippen LogP contribution in [0.5, 0.6) is 0 Å². The molecule has 2 fully saturated rings. The Bertz CT molecular complexity index is 961. The number of likely N-dealkylation sites (tertiary alicyclic amines) is 1. The highest BCUT2D eigenvalue weighted by atomic mass is 32.1. The van der Waals surface area contributed by atoms with Crippen LogP contribution in [0.2, 0.25) is 0 Å². The molecule has 2 aliphatic rings. The molecule has 0 unspecified atom stereocenters. The van der Waals surface area contributed by atoms with Crippen molar-refractivity contribution < 1.29 is 19.1 Å². The molecule has 178 valence electrons. The Morgan fingerprint density at radius 2 is 1.94 bits per heavy atom. The molecule has 2 aromatic heterocycles. The van der Waals surface area contributed by atoms with Gasteiger partial charge in [-0.15, -0.1) is 22.7 Å². The lowest BCUT2D eigenvalue weighted by atomic mass is 9.96. The molecule has 0 radical (unpaired) electrons. The van der Waals surface area contributed by atoms with E-state index in [-0.39, 0.29) is 30.2 Å². The molecule has 3 heterocycles. The largest absolute Gasteiger partial charge is 0.462 e. The van der Waals surface area contributed by atoms with Crippen molar-refractivity contribution >= 4 is 45.5 Å². The maximum atomic E-state index is 12.7. The number of anilines is 1. The van der Waals surface area contributed by atoms with Crippen molar-refractivity contribution in [2.24, 2.45) is 5.92 Å². The van der Waals surface area contributed by atoms with Gasteiger partial charge in [0, 0.05) is 17.3 Å². The van der Waals surface area contributed by atoms with E-state index in [9.17, 15) is 14.4 Å². The highest BCUT2D eigenvalue weighted by Gasteiger charge is 2.33. The molecule has 2 N–H and O–H groups in total. The van der Waals surface area contributed by atoms with Crippen LogP contribution in [0.1, 0.15) is 59.3 Å². The molecular weight excluding hydrogens is 458 g/mol. The zero-order valence-electron chi connectivity index (χ0n) is 18.9. The van der Waals surface area contributed by atoms with E-state index >= 15 is 0 Å². The molecule has 0 bridgehead atoms. The SMILES string of the molecule is CCOC(=O)c1c(C2CC2)csc1NC(=O)CN1CCC(C(=O)NCCc2cccs2)CC1. The first-order valence-electron chi connectivity index (χ1n) is 11.7. The first kappa shape index (κ1) is 23.9. The predicted octanol–water partition coefficient (Wildman–Crippen LogP) is 3.87. The summed E-state index contributed by atoms with van der Waals surface area (Å²) in [6, 6.07) is 4.11. The number of hydrogen-bond acceptors (Lipinski definition) is 7. The summed E-state index contributed by atoms with van der Waals surface area (Å²) < 4.78 is 5.23. The Morgan fingerprint density at radius 3 is 2.61 bits per heavy atom. The number of thiophene rings is 2. The maximum Gasteiger partial charge on any atom is 0.341 e. The first-order valence-corrected chi connectivity index (χ1v) is 13.4. The van der Waals surface area contributed by atoms with Gasteiger partial charge in [0.05, 0.1) is 18.7 Å². The second kappa shape index (κ2) is 11.3. The molecule has 1 aliphatic heterocycles. The van der Waals surface area contributed by atoms with Crippen molar-refractivity contribution in [3.05, 3.63) is 38.9 Å². The molecule has 1 saturated carbocycles. The van der Waals surface area contributed by atoms with Crippen molar-refractivity contribution in [2.75, 3.05) is 38.1 Å². The van der Waals surface area contributed by atoms with E-state index in [2.05, 4.69) is 21.6 Å². The predicted molar refractivity (Wildman–Crippen MR) is 131 cm³/mol. The van der Waals surface area contributed by atoms with E-state index in [4.69, 9.17) is 4.74 Å². The molecule has 0 atom stereocenters. The second-order valence-corrected chi connectivity index (χ2v) is 10.5. The van der Waals surface area contributed by atoms with Gasteiger partial charge in [-0.25, -0.2) is 4.79 Å². The number of hydrogen-bond donors (Lipinski definition) is 2. The van der Waals surface area contributed by atoms with E-state index in [0.29, 0.717) is 42.7 Å². The Kier molecular flexibility index (Phi) is 8.16. The number of esters is 1. The van der Waals surface area contributed by atoms with E-state index in [1.54, 1.807) is 18.3 Å². The number of ether oxygens (including phenoxy) is 1. The van der Waals surface area contributed by atoms with E-state index in [1.807, 2.05) is 16.8 Å². The van der Waals surface area contributed by atoms with Gasteiger partial charge in [0.15, 0.2) is 0 Å². The monoisotopic (exact) mass is 489 g/mol. The highest BCUT2D eigenvalue weighted by Crippen LogP contribution is 2.46. The summed E-state index contributed by atoms with van der Waals surface area (Å²) in [5, 5.41) is 10.6. The molecule has 0 spiro atoms. The van der Waals surface area contributed by atoms with Gasteiger partial charge in [-0.3, -0.25) is 14.5 Å². The lowest BCUT2D eigenvalue weighted by Gasteiger charge is -2.30. The summed E-state index contributed by atoms with van der Waals surface area (Å²) in [4.78, 5) is 41.0. The van der Waals surface area contributed by atoms with E-state index < -0.39 is 0 Å². The third kappa shape index (κ3) is 6.43. The van der Waals surface area contributed by atoms with Gasteiger partial charge in [0.2, 0.25) is 11.8 Å². The minimum Gasteiger partial charge on any atom is -0.462 e. The van der Waals surface area contributed by atoms with E-state index in [1.165, 1.54) is 16.2 Å². The molecule has 7 nitrogen and oxygen atoms in total. The van der Waals surface area contributed by atoms with E-state index in [0.717, 1.165) is 37.7 Å². The smallest absolute Gasteiger partial charge is 0.341 e. The van der Waals surface area contributed by atoms with Gasteiger partial charge in [-0.1, -0.05) is 6.07 Å². The maximum absolute atomic E-state index is 12.7. The van der Waals surface area contributed by atoms with Crippen LogP contribution < -0.4 is 10.6 Å². The van der Waals surface area contributed by atoms with Crippen LogP contribution >= 0.6 is 22.7 Å². The molecule has 4 rings (SSSR count). The fraction of sp³-hybridized carbons (Fsp3) is 0.542. The second-order valence-electron chi connectivity index (χ2n) is 8.61.